The van der Waals surface area contributed by atoms with Crippen LogP contribution in [-0.4, -0.2) is 16.8 Å². The predicted octanol–water partition coefficient (Wildman–Crippen LogP) is 2.52. The summed E-state index contributed by atoms with van der Waals surface area (Å²) in [6.45, 7) is 0. The van der Waals surface area contributed by atoms with Gasteiger partial charge in [-0.2, -0.15) is 0 Å². The van der Waals surface area contributed by atoms with Gasteiger partial charge in [0.25, 0.3) is 0 Å². The summed E-state index contributed by atoms with van der Waals surface area (Å²) in [6, 6.07) is 7.65. The number of hydrogen-bond acceptors (Lipinski definition) is 3. The molecule has 0 radical (unpaired) electrons. The van der Waals surface area contributed by atoms with E-state index < -0.39 is 0 Å². The van der Waals surface area contributed by atoms with Gasteiger partial charge in [-0.15, -0.1) is 0 Å². The molecule has 1 unspecified atom stereocenters. The van der Waals surface area contributed by atoms with Crippen molar-refractivity contribution in [2.45, 2.75) is 18.8 Å². The van der Waals surface area contributed by atoms with Crippen LogP contribution < -0.4 is 5.32 Å². The summed E-state index contributed by atoms with van der Waals surface area (Å²) in [5, 5.41) is 3.35. The lowest BCUT2D eigenvalue weighted by molar-refractivity contribution is -0.134. The first-order chi connectivity index (χ1) is 9.15. The minimum atomic E-state index is -0.280. The molecule has 1 saturated heterocycles. The van der Waals surface area contributed by atoms with Gasteiger partial charge in [0.1, 0.15) is 0 Å². The van der Waals surface area contributed by atoms with Gasteiger partial charge in [-0.3, -0.25) is 19.9 Å². The van der Waals surface area contributed by atoms with Crippen molar-refractivity contribution in [2.24, 2.45) is 0 Å². The van der Waals surface area contributed by atoms with E-state index in [2.05, 4.69) is 26.2 Å². The summed E-state index contributed by atoms with van der Waals surface area (Å²) in [4.78, 5) is 27.5. The maximum Gasteiger partial charge on any atom is 0.234 e. The molecule has 2 heterocycles. The van der Waals surface area contributed by atoms with E-state index in [9.17, 15) is 9.59 Å². The first-order valence-corrected chi connectivity index (χ1v) is 6.82. The SMILES string of the molecule is O=C1CCC(c2ccnc3ccc(Br)cc23)C(=O)N1. The van der Waals surface area contributed by atoms with Gasteiger partial charge in [-0.1, -0.05) is 15.9 Å². The third-order valence-corrected chi connectivity index (χ3v) is 3.85. The summed E-state index contributed by atoms with van der Waals surface area (Å²) in [5.41, 5.74) is 1.78. The van der Waals surface area contributed by atoms with Crippen LogP contribution in [0.5, 0.6) is 0 Å². The van der Waals surface area contributed by atoms with Crippen molar-refractivity contribution in [3.05, 3.63) is 40.5 Å². The van der Waals surface area contributed by atoms with Gasteiger partial charge >= 0.3 is 0 Å². The van der Waals surface area contributed by atoms with Gasteiger partial charge in [-0.25, -0.2) is 0 Å². The number of rotatable bonds is 1. The van der Waals surface area contributed by atoms with E-state index >= 15 is 0 Å². The number of piperidine rings is 1. The Morgan fingerprint density at radius 2 is 2.11 bits per heavy atom. The first kappa shape index (κ1) is 12.3. The quantitative estimate of drug-likeness (QED) is 0.822. The molecular formula is C14H11BrN2O2. The molecule has 96 valence electrons. The van der Waals surface area contributed by atoms with E-state index in [1.54, 1.807) is 6.20 Å². The van der Waals surface area contributed by atoms with Crippen molar-refractivity contribution >= 4 is 38.6 Å². The van der Waals surface area contributed by atoms with E-state index in [0.29, 0.717) is 12.8 Å². The van der Waals surface area contributed by atoms with Gasteiger partial charge in [0.2, 0.25) is 11.8 Å². The second-order valence-corrected chi connectivity index (χ2v) is 5.48. The fraction of sp³-hybridized carbons (Fsp3) is 0.214. The molecule has 1 aliphatic heterocycles. The maximum atomic E-state index is 12.0. The molecule has 3 rings (SSSR count). The molecular weight excluding hydrogens is 308 g/mol. The van der Waals surface area contributed by atoms with E-state index in [1.165, 1.54) is 0 Å². The number of imide groups is 1. The Labute approximate surface area is 118 Å². The van der Waals surface area contributed by atoms with Gasteiger partial charge in [0, 0.05) is 22.5 Å². The minimum absolute atomic E-state index is 0.194. The number of carbonyl (C=O) groups excluding carboxylic acids is 2. The van der Waals surface area contributed by atoms with Gasteiger partial charge in [-0.05, 0) is 36.2 Å². The molecule has 19 heavy (non-hydrogen) atoms. The van der Waals surface area contributed by atoms with E-state index in [4.69, 9.17) is 0 Å². The molecule has 0 bridgehead atoms. The van der Waals surface area contributed by atoms with Crippen LogP contribution in [-0.2, 0) is 9.59 Å². The predicted molar refractivity (Wildman–Crippen MR) is 74.6 cm³/mol. The average Bonchev–Trinajstić information content (AvgIpc) is 2.38. The Hall–Kier alpha value is -1.75. The van der Waals surface area contributed by atoms with Crippen molar-refractivity contribution in [2.75, 3.05) is 0 Å². The number of carbonyl (C=O) groups is 2. The standard InChI is InChI=1S/C14H11BrN2O2/c15-8-1-3-12-11(7-8)9(5-6-16-12)10-2-4-13(18)17-14(10)19/h1,3,5-7,10H,2,4H2,(H,17,18,19). The Kier molecular flexibility index (Phi) is 3.06. The van der Waals surface area contributed by atoms with E-state index in [1.807, 2.05) is 24.3 Å². The number of hydrogen-bond donors (Lipinski definition) is 1. The number of halogens is 1. The zero-order valence-corrected chi connectivity index (χ0v) is 11.6. The summed E-state index contributed by atoms with van der Waals surface area (Å²) in [6.07, 6.45) is 2.64. The van der Waals surface area contributed by atoms with Crippen LogP contribution in [0.25, 0.3) is 10.9 Å². The Morgan fingerprint density at radius 1 is 1.26 bits per heavy atom. The van der Waals surface area contributed by atoms with E-state index in [0.717, 1.165) is 20.9 Å². The van der Waals surface area contributed by atoms with Crippen molar-refractivity contribution in [1.29, 1.82) is 0 Å². The topological polar surface area (TPSA) is 59.1 Å². The van der Waals surface area contributed by atoms with Crippen LogP contribution in [0.1, 0.15) is 24.3 Å². The van der Waals surface area contributed by atoms with Gasteiger partial charge in [0.15, 0.2) is 0 Å². The van der Waals surface area contributed by atoms with Crippen LogP contribution in [0.4, 0.5) is 0 Å². The van der Waals surface area contributed by atoms with E-state index in [-0.39, 0.29) is 17.7 Å². The second-order valence-electron chi connectivity index (χ2n) is 4.57. The smallest absolute Gasteiger partial charge is 0.234 e. The number of fused-ring (bicyclic) bond motifs is 1. The highest BCUT2D eigenvalue weighted by Crippen LogP contribution is 2.31. The molecule has 0 aliphatic carbocycles. The molecule has 5 heteroatoms. The van der Waals surface area contributed by atoms with Crippen molar-refractivity contribution < 1.29 is 9.59 Å². The lowest BCUT2D eigenvalue weighted by Gasteiger charge is -2.22. The summed E-state index contributed by atoms with van der Waals surface area (Å²) in [5.74, 6) is -0.693. The molecule has 1 fully saturated rings. The van der Waals surface area contributed by atoms with Gasteiger partial charge in [0.05, 0.1) is 11.4 Å². The zero-order valence-electron chi connectivity index (χ0n) is 10.0. The molecule has 2 amide bonds. The molecule has 1 aromatic heterocycles. The largest absolute Gasteiger partial charge is 0.296 e. The fourth-order valence-corrected chi connectivity index (χ4v) is 2.79. The molecule has 1 atom stereocenters. The fourth-order valence-electron chi connectivity index (χ4n) is 2.43. The molecule has 2 aromatic rings. The number of benzene rings is 1. The van der Waals surface area contributed by atoms with Crippen LogP contribution in [0.3, 0.4) is 0 Å². The number of pyridine rings is 1. The zero-order chi connectivity index (χ0) is 13.4. The van der Waals surface area contributed by atoms with Gasteiger partial charge < -0.3 is 0 Å². The van der Waals surface area contributed by atoms with Crippen molar-refractivity contribution in [3.63, 3.8) is 0 Å². The molecule has 0 spiro atoms. The molecule has 1 N–H and O–H groups in total. The number of nitrogens with zero attached hydrogens (tertiary/aromatic N) is 1. The Balaban J connectivity index is 2.12. The number of amides is 2. The lowest BCUT2D eigenvalue weighted by Crippen LogP contribution is -2.39. The molecule has 1 aromatic carbocycles. The highest BCUT2D eigenvalue weighted by Gasteiger charge is 2.29. The minimum Gasteiger partial charge on any atom is -0.296 e. The first-order valence-electron chi connectivity index (χ1n) is 6.03. The highest BCUT2D eigenvalue weighted by atomic mass is 79.9. The van der Waals surface area contributed by atoms with Crippen LogP contribution in [0.15, 0.2) is 34.9 Å². The maximum absolute atomic E-state index is 12.0. The summed E-state index contributed by atoms with van der Waals surface area (Å²) in [7, 11) is 0. The summed E-state index contributed by atoms with van der Waals surface area (Å²) >= 11 is 3.43. The lowest BCUT2D eigenvalue weighted by atomic mass is 9.88. The number of nitrogens with one attached hydrogen (secondary N) is 1. The van der Waals surface area contributed by atoms with Crippen molar-refractivity contribution in [1.82, 2.24) is 10.3 Å². The third kappa shape index (κ3) is 2.26. The van der Waals surface area contributed by atoms with Crippen LogP contribution in [0.2, 0.25) is 0 Å². The second kappa shape index (κ2) is 4.74. The monoisotopic (exact) mass is 318 g/mol. The third-order valence-electron chi connectivity index (χ3n) is 3.35. The van der Waals surface area contributed by atoms with Crippen molar-refractivity contribution in [3.8, 4) is 0 Å². The average molecular weight is 319 g/mol. The highest BCUT2D eigenvalue weighted by molar-refractivity contribution is 9.10. The normalized spacial score (nSPS) is 19.5. The van der Waals surface area contributed by atoms with Crippen LogP contribution in [0, 0.1) is 0 Å². The Bertz CT molecular complexity index is 684. The Morgan fingerprint density at radius 3 is 2.89 bits per heavy atom. The number of aromatic nitrogens is 1. The molecule has 4 nitrogen and oxygen atoms in total. The molecule has 1 aliphatic rings. The molecule has 0 saturated carbocycles. The van der Waals surface area contributed by atoms with Crippen LogP contribution >= 0.6 is 15.9 Å². The summed E-state index contributed by atoms with van der Waals surface area (Å²) < 4.78 is 0.946.